The number of carbonyl (C=O) groups excluding carboxylic acids is 1. The number of fused-ring (bicyclic) bond motifs is 1. The van der Waals surface area contributed by atoms with Gasteiger partial charge in [-0.2, -0.15) is 4.31 Å². The first-order valence-corrected chi connectivity index (χ1v) is 11.8. The second-order valence-electron chi connectivity index (χ2n) is 7.56. The van der Waals surface area contributed by atoms with Crippen LogP contribution in [0.2, 0.25) is 5.02 Å². The van der Waals surface area contributed by atoms with E-state index in [-0.39, 0.29) is 28.1 Å². The van der Waals surface area contributed by atoms with Crippen molar-refractivity contribution in [2.75, 3.05) is 46.4 Å². The number of likely N-dealkylation sites (N-methyl/N-ethyl adjacent to an activating group) is 1. The number of nitrogens with one attached hydrogen (secondary N) is 1. The van der Waals surface area contributed by atoms with Crippen LogP contribution < -0.4 is 14.8 Å². The number of nitrogens with zero attached hydrogens (tertiary/aromatic N) is 2. The van der Waals surface area contributed by atoms with Crippen molar-refractivity contribution in [2.24, 2.45) is 0 Å². The van der Waals surface area contributed by atoms with E-state index in [0.29, 0.717) is 44.3 Å². The lowest BCUT2D eigenvalue weighted by Crippen LogP contribution is -2.47. The lowest BCUT2D eigenvalue weighted by Gasteiger charge is -2.31. The fraction of sp³-hybridized carbons (Fsp3) is 0.381. The lowest BCUT2D eigenvalue weighted by atomic mass is 10.2. The predicted molar refractivity (Wildman–Crippen MR) is 116 cm³/mol. The molecular formula is C21H24ClN3O5S. The van der Waals surface area contributed by atoms with E-state index in [1.165, 1.54) is 22.5 Å². The van der Waals surface area contributed by atoms with Crippen LogP contribution in [0.5, 0.6) is 11.5 Å². The number of para-hydroxylation sites is 2. The molecule has 166 valence electrons. The summed E-state index contributed by atoms with van der Waals surface area (Å²) >= 11 is 6.20. The Bertz CT molecular complexity index is 1070. The number of hydrogen-bond donors (Lipinski definition) is 1. The summed E-state index contributed by atoms with van der Waals surface area (Å²) in [6, 6.07) is 11.6. The minimum atomic E-state index is -3.79. The van der Waals surface area contributed by atoms with Crippen molar-refractivity contribution in [1.82, 2.24) is 14.5 Å². The van der Waals surface area contributed by atoms with Gasteiger partial charge < -0.3 is 19.7 Å². The van der Waals surface area contributed by atoms with Crippen molar-refractivity contribution in [1.29, 1.82) is 0 Å². The highest BCUT2D eigenvalue weighted by Gasteiger charge is 2.30. The van der Waals surface area contributed by atoms with Crippen LogP contribution in [0.1, 0.15) is 10.4 Å². The van der Waals surface area contributed by atoms with Crippen molar-refractivity contribution in [3.05, 3.63) is 53.1 Å². The van der Waals surface area contributed by atoms with Crippen LogP contribution in [0.15, 0.2) is 47.4 Å². The third kappa shape index (κ3) is 4.79. The molecule has 0 aliphatic carbocycles. The lowest BCUT2D eigenvalue weighted by molar-refractivity contribution is 0.0789. The van der Waals surface area contributed by atoms with Crippen LogP contribution >= 0.6 is 11.6 Å². The Kier molecular flexibility index (Phi) is 6.38. The molecule has 0 saturated carbocycles. The molecule has 31 heavy (non-hydrogen) atoms. The minimum absolute atomic E-state index is 0.0578. The van der Waals surface area contributed by atoms with Crippen molar-refractivity contribution in [3.8, 4) is 11.5 Å². The Morgan fingerprint density at radius 1 is 1.13 bits per heavy atom. The zero-order valence-corrected chi connectivity index (χ0v) is 18.7. The average molecular weight is 466 g/mol. The van der Waals surface area contributed by atoms with E-state index in [1.54, 1.807) is 6.07 Å². The Balaban J connectivity index is 1.43. The highest BCUT2D eigenvalue weighted by molar-refractivity contribution is 7.89. The van der Waals surface area contributed by atoms with Gasteiger partial charge in [-0.1, -0.05) is 23.7 Å². The summed E-state index contributed by atoms with van der Waals surface area (Å²) in [6.45, 7) is 2.57. The molecule has 0 radical (unpaired) electrons. The van der Waals surface area contributed by atoms with Gasteiger partial charge in [0, 0.05) is 31.7 Å². The molecule has 1 fully saturated rings. The number of ether oxygens (including phenoxy) is 2. The van der Waals surface area contributed by atoms with Crippen LogP contribution in [-0.2, 0) is 10.0 Å². The molecule has 2 heterocycles. The van der Waals surface area contributed by atoms with Crippen LogP contribution in [-0.4, -0.2) is 76.0 Å². The SMILES string of the molecule is CN1CCN(S(=O)(=O)c2cc(C(=O)NCC3COc4ccccc4O3)ccc2Cl)CC1. The standard InChI is InChI=1S/C21H24ClN3O5S/c1-24-8-10-25(11-9-24)31(27,28)20-12-15(6-7-17(20)22)21(26)23-13-16-14-29-18-4-2-3-5-19(18)30-16/h2-7,12,16H,8-11,13-14H2,1H3,(H,23,26). The molecule has 2 aromatic rings. The normalized spacial score (nSPS) is 19.7. The molecule has 10 heteroatoms. The Labute approximate surface area is 186 Å². The number of halogens is 1. The van der Waals surface area contributed by atoms with Gasteiger partial charge in [-0.05, 0) is 37.4 Å². The predicted octanol–water partition coefficient (Wildman–Crippen LogP) is 1.85. The van der Waals surface area contributed by atoms with E-state index in [0.717, 1.165) is 0 Å². The first kappa shape index (κ1) is 21.9. The quantitative estimate of drug-likeness (QED) is 0.725. The number of hydrogen-bond acceptors (Lipinski definition) is 6. The zero-order valence-electron chi connectivity index (χ0n) is 17.1. The summed E-state index contributed by atoms with van der Waals surface area (Å²) < 4.78 is 39.0. The van der Waals surface area contributed by atoms with Crippen LogP contribution in [0.3, 0.4) is 0 Å². The van der Waals surface area contributed by atoms with E-state index < -0.39 is 15.9 Å². The Morgan fingerprint density at radius 3 is 2.58 bits per heavy atom. The summed E-state index contributed by atoms with van der Waals surface area (Å²) in [5, 5.41) is 2.87. The number of benzene rings is 2. The Hall–Kier alpha value is -2.33. The summed E-state index contributed by atoms with van der Waals surface area (Å²) in [6.07, 6.45) is -0.348. The summed E-state index contributed by atoms with van der Waals surface area (Å²) in [5.74, 6) is 0.885. The number of sulfonamides is 1. The van der Waals surface area contributed by atoms with Gasteiger partial charge in [0.1, 0.15) is 17.6 Å². The van der Waals surface area contributed by atoms with Gasteiger partial charge >= 0.3 is 0 Å². The van der Waals surface area contributed by atoms with Gasteiger partial charge in [-0.15, -0.1) is 0 Å². The van der Waals surface area contributed by atoms with Gasteiger partial charge in [0.25, 0.3) is 5.91 Å². The molecule has 2 aliphatic heterocycles. The van der Waals surface area contributed by atoms with Gasteiger partial charge in [0.15, 0.2) is 11.5 Å². The van der Waals surface area contributed by atoms with Gasteiger partial charge in [0.05, 0.1) is 11.6 Å². The molecule has 1 saturated heterocycles. The molecule has 1 atom stereocenters. The second kappa shape index (κ2) is 9.04. The molecule has 0 spiro atoms. The molecular weight excluding hydrogens is 442 g/mol. The molecule has 2 aromatic carbocycles. The largest absolute Gasteiger partial charge is 0.486 e. The highest BCUT2D eigenvalue weighted by Crippen LogP contribution is 2.31. The average Bonchev–Trinajstić information content (AvgIpc) is 2.77. The van der Waals surface area contributed by atoms with Gasteiger partial charge in [0.2, 0.25) is 10.0 Å². The van der Waals surface area contributed by atoms with Gasteiger partial charge in [-0.25, -0.2) is 8.42 Å². The molecule has 2 aliphatic rings. The number of carbonyl (C=O) groups is 1. The third-order valence-corrected chi connectivity index (χ3v) is 7.71. The summed E-state index contributed by atoms with van der Waals surface area (Å²) in [7, 11) is -1.84. The van der Waals surface area contributed by atoms with E-state index in [4.69, 9.17) is 21.1 Å². The fourth-order valence-electron chi connectivity index (χ4n) is 3.48. The first-order valence-electron chi connectivity index (χ1n) is 9.99. The van der Waals surface area contributed by atoms with Crippen LogP contribution in [0.4, 0.5) is 0 Å². The van der Waals surface area contributed by atoms with E-state index in [9.17, 15) is 13.2 Å². The number of piperazine rings is 1. The smallest absolute Gasteiger partial charge is 0.251 e. The zero-order chi connectivity index (χ0) is 22.0. The van der Waals surface area contributed by atoms with Crippen molar-refractivity contribution in [3.63, 3.8) is 0 Å². The van der Waals surface area contributed by atoms with Crippen molar-refractivity contribution in [2.45, 2.75) is 11.0 Å². The molecule has 0 bridgehead atoms. The molecule has 4 rings (SSSR count). The molecule has 8 nitrogen and oxygen atoms in total. The topological polar surface area (TPSA) is 88.2 Å². The maximum atomic E-state index is 13.1. The third-order valence-electron chi connectivity index (χ3n) is 5.33. The fourth-order valence-corrected chi connectivity index (χ4v) is 5.40. The first-order chi connectivity index (χ1) is 14.8. The van der Waals surface area contributed by atoms with E-state index in [1.807, 2.05) is 25.2 Å². The van der Waals surface area contributed by atoms with E-state index >= 15 is 0 Å². The van der Waals surface area contributed by atoms with E-state index in [2.05, 4.69) is 10.2 Å². The second-order valence-corrected chi connectivity index (χ2v) is 9.87. The number of rotatable bonds is 5. The Morgan fingerprint density at radius 2 is 1.84 bits per heavy atom. The number of amides is 1. The highest BCUT2D eigenvalue weighted by atomic mass is 35.5. The van der Waals surface area contributed by atoms with Crippen LogP contribution in [0.25, 0.3) is 0 Å². The van der Waals surface area contributed by atoms with Crippen molar-refractivity contribution >= 4 is 27.5 Å². The maximum Gasteiger partial charge on any atom is 0.251 e. The van der Waals surface area contributed by atoms with Crippen molar-refractivity contribution < 1.29 is 22.7 Å². The molecule has 1 amide bonds. The summed E-state index contributed by atoms with van der Waals surface area (Å²) in [4.78, 5) is 14.7. The monoisotopic (exact) mass is 465 g/mol. The summed E-state index contributed by atoms with van der Waals surface area (Å²) in [5.41, 5.74) is 0.217. The minimum Gasteiger partial charge on any atom is -0.486 e. The molecule has 0 aromatic heterocycles. The molecule has 1 unspecified atom stereocenters. The van der Waals surface area contributed by atoms with Crippen LogP contribution in [0, 0.1) is 0 Å². The van der Waals surface area contributed by atoms with Gasteiger partial charge in [-0.3, -0.25) is 4.79 Å². The molecule has 1 N–H and O–H groups in total. The maximum absolute atomic E-state index is 13.1.